The Kier molecular flexibility index (Phi) is 9.72. The number of carbonyl (C=O) groups excluding carboxylic acids is 2. The van der Waals surface area contributed by atoms with Gasteiger partial charge in [0.25, 0.3) is 0 Å². The van der Waals surface area contributed by atoms with Crippen molar-refractivity contribution in [2.75, 3.05) is 26.4 Å². The van der Waals surface area contributed by atoms with Crippen LogP contribution in [-0.4, -0.2) is 62.4 Å². The van der Waals surface area contributed by atoms with Crippen molar-refractivity contribution in [1.82, 2.24) is 0 Å². The minimum Gasteiger partial charge on any atom is -0.456 e. The van der Waals surface area contributed by atoms with Crippen LogP contribution >= 0.6 is 0 Å². The van der Waals surface area contributed by atoms with Gasteiger partial charge in [0, 0.05) is 12.2 Å². The van der Waals surface area contributed by atoms with Crippen LogP contribution in [0.1, 0.15) is 6.42 Å². The number of alkyl halides is 8. The highest BCUT2D eigenvalue weighted by Gasteiger charge is 2.60. The minimum absolute atomic E-state index is 0.445. The maximum Gasteiger partial charge on any atom is 0.422 e. The van der Waals surface area contributed by atoms with Crippen LogP contribution < -0.4 is 0 Å². The number of halogens is 8. The Hall–Kier alpha value is -2.22. The molecule has 0 rings (SSSR count). The van der Waals surface area contributed by atoms with Crippen LogP contribution in [0.4, 0.5) is 35.1 Å². The molecule has 0 N–H and O–H groups in total. The monoisotopic (exact) mass is 444 g/mol. The Bertz CT molecular complexity index is 543. The van der Waals surface area contributed by atoms with Crippen LogP contribution in [0.15, 0.2) is 25.3 Å². The largest absolute Gasteiger partial charge is 0.456 e. The molecule has 0 amide bonds. The smallest absolute Gasteiger partial charge is 0.422 e. The van der Waals surface area contributed by atoms with E-state index in [0.29, 0.717) is 12.2 Å². The summed E-state index contributed by atoms with van der Waals surface area (Å²) >= 11 is 0. The maximum absolute atomic E-state index is 13.3. The van der Waals surface area contributed by atoms with Crippen molar-refractivity contribution in [2.45, 2.75) is 30.5 Å². The van der Waals surface area contributed by atoms with Gasteiger partial charge in [0.05, 0.1) is 13.2 Å². The van der Waals surface area contributed by atoms with Gasteiger partial charge in [-0.15, -0.1) is 0 Å². The summed E-state index contributed by atoms with van der Waals surface area (Å²) in [5, 5.41) is 0. The van der Waals surface area contributed by atoms with Gasteiger partial charge in [0.2, 0.25) is 0 Å². The fraction of sp³-hybridized carbons (Fsp3) is 0.600. The van der Waals surface area contributed by atoms with E-state index in [2.05, 4.69) is 32.1 Å². The average Bonchev–Trinajstić information content (AvgIpc) is 2.63. The van der Waals surface area contributed by atoms with Crippen molar-refractivity contribution in [3.8, 4) is 0 Å². The molecule has 0 aromatic rings. The van der Waals surface area contributed by atoms with Gasteiger partial charge in [0.1, 0.15) is 0 Å². The summed E-state index contributed by atoms with van der Waals surface area (Å²) in [4.78, 5) is 21.2. The molecule has 0 aliphatic carbocycles. The zero-order valence-electron chi connectivity index (χ0n) is 14.6. The number of carbonyl (C=O) groups is 2. The molecule has 0 heterocycles. The molecular formula is C15H16F8O6. The van der Waals surface area contributed by atoms with Gasteiger partial charge >= 0.3 is 36.0 Å². The second-order valence-electron chi connectivity index (χ2n) is 5.12. The predicted molar refractivity (Wildman–Crippen MR) is 78.6 cm³/mol. The molecule has 0 spiro atoms. The van der Waals surface area contributed by atoms with E-state index in [1.165, 1.54) is 0 Å². The van der Waals surface area contributed by atoms with Crippen LogP contribution in [0.2, 0.25) is 0 Å². The standard InChI is InChI=1S/C15H16F8O6/c1-3-10(24)26-8-12(16,17)14(20,21)28-6-5-7-29-15(22,23)13(18,19)9-27-11(25)4-2/h3-4H,1-2,5-9H2. The summed E-state index contributed by atoms with van der Waals surface area (Å²) in [7, 11) is 0. The quantitative estimate of drug-likeness (QED) is 0.177. The van der Waals surface area contributed by atoms with Crippen molar-refractivity contribution < 1.29 is 63.7 Å². The lowest BCUT2D eigenvalue weighted by Gasteiger charge is -2.27. The molecule has 0 atom stereocenters. The van der Waals surface area contributed by atoms with Gasteiger partial charge in [-0.2, -0.15) is 35.1 Å². The van der Waals surface area contributed by atoms with E-state index >= 15 is 0 Å². The minimum atomic E-state index is -5.17. The fourth-order valence-corrected chi connectivity index (χ4v) is 1.28. The molecule has 0 bridgehead atoms. The number of hydrogen-bond donors (Lipinski definition) is 0. The first-order valence-electron chi connectivity index (χ1n) is 7.49. The second-order valence-corrected chi connectivity index (χ2v) is 5.12. The van der Waals surface area contributed by atoms with Gasteiger partial charge in [-0.25, -0.2) is 9.59 Å². The van der Waals surface area contributed by atoms with E-state index in [9.17, 15) is 44.7 Å². The van der Waals surface area contributed by atoms with Crippen LogP contribution in [0.3, 0.4) is 0 Å². The molecule has 0 fully saturated rings. The van der Waals surface area contributed by atoms with E-state index in [1.54, 1.807) is 0 Å². The first-order chi connectivity index (χ1) is 13.1. The van der Waals surface area contributed by atoms with Crippen molar-refractivity contribution >= 4 is 11.9 Å². The highest BCUT2D eigenvalue weighted by molar-refractivity contribution is 5.81. The Morgan fingerprint density at radius 2 is 1.00 bits per heavy atom. The number of hydrogen-bond acceptors (Lipinski definition) is 6. The lowest BCUT2D eigenvalue weighted by Crippen LogP contribution is -2.47. The summed E-state index contributed by atoms with van der Waals surface area (Å²) in [6, 6.07) is 0. The predicted octanol–water partition coefficient (Wildman–Crippen LogP) is 3.32. The molecule has 0 saturated carbocycles. The van der Waals surface area contributed by atoms with Gasteiger partial charge in [-0.1, -0.05) is 13.2 Å². The Balaban J connectivity index is 4.50. The summed E-state index contributed by atoms with van der Waals surface area (Å²) in [6.07, 6.45) is -10.4. The van der Waals surface area contributed by atoms with Crippen molar-refractivity contribution in [3.63, 3.8) is 0 Å². The lowest BCUT2D eigenvalue weighted by molar-refractivity contribution is -0.363. The molecule has 0 saturated heterocycles. The fourth-order valence-electron chi connectivity index (χ4n) is 1.28. The van der Waals surface area contributed by atoms with E-state index < -0.39 is 68.8 Å². The van der Waals surface area contributed by atoms with Crippen LogP contribution in [0.5, 0.6) is 0 Å². The van der Waals surface area contributed by atoms with Crippen LogP contribution in [-0.2, 0) is 28.5 Å². The average molecular weight is 444 g/mol. The van der Waals surface area contributed by atoms with E-state index in [-0.39, 0.29) is 0 Å². The Morgan fingerprint density at radius 3 is 1.28 bits per heavy atom. The molecule has 14 heteroatoms. The number of ether oxygens (including phenoxy) is 4. The summed E-state index contributed by atoms with van der Waals surface area (Å²) in [5.41, 5.74) is 0. The molecule has 0 aliphatic heterocycles. The molecule has 6 nitrogen and oxygen atoms in total. The molecule has 0 radical (unpaired) electrons. The first kappa shape index (κ1) is 26.8. The SMILES string of the molecule is C=CC(=O)OCC(F)(F)C(F)(F)OCCCOC(F)(F)C(F)(F)COC(=O)C=C. The molecular weight excluding hydrogens is 428 g/mol. The van der Waals surface area contributed by atoms with Crippen LogP contribution in [0.25, 0.3) is 0 Å². The molecule has 0 unspecified atom stereocenters. The topological polar surface area (TPSA) is 71.1 Å². The Morgan fingerprint density at radius 1 is 0.690 bits per heavy atom. The second kappa shape index (κ2) is 10.5. The zero-order chi connectivity index (χ0) is 22.9. The van der Waals surface area contributed by atoms with Gasteiger partial charge in [0.15, 0.2) is 13.2 Å². The van der Waals surface area contributed by atoms with Gasteiger partial charge < -0.3 is 18.9 Å². The lowest BCUT2D eigenvalue weighted by atomic mass is 10.3. The van der Waals surface area contributed by atoms with Gasteiger partial charge in [-0.05, 0) is 6.42 Å². The highest BCUT2D eigenvalue weighted by atomic mass is 19.3. The molecule has 29 heavy (non-hydrogen) atoms. The first-order valence-corrected chi connectivity index (χ1v) is 7.49. The van der Waals surface area contributed by atoms with E-state index in [4.69, 9.17) is 0 Å². The van der Waals surface area contributed by atoms with Crippen LogP contribution in [0, 0.1) is 0 Å². The summed E-state index contributed by atoms with van der Waals surface area (Å²) < 4.78 is 121. The zero-order valence-corrected chi connectivity index (χ0v) is 14.6. The number of esters is 2. The normalized spacial score (nSPS) is 13.0. The maximum atomic E-state index is 13.3. The highest BCUT2D eigenvalue weighted by Crippen LogP contribution is 2.37. The third kappa shape index (κ3) is 8.35. The van der Waals surface area contributed by atoms with Crippen molar-refractivity contribution in [2.24, 2.45) is 0 Å². The molecule has 168 valence electrons. The van der Waals surface area contributed by atoms with E-state index in [1.807, 2.05) is 0 Å². The van der Waals surface area contributed by atoms with E-state index in [0.717, 1.165) is 0 Å². The Labute approximate surface area is 159 Å². The van der Waals surface area contributed by atoms with Gasteiger partial charge in [-0.3, -0.25) is 0 Å². The third-order valence-corrected chi connectivity index (χ3v) is 2.83. The summed E-state index contributed by atoms with van der Waals surface area (Å²) in [5.74, 6) is -12.8. The molecule has 0 aromatic carbocycles. The third-order valence-electron chi connectivity index (χ3n) is 2.83. The molecule has 0 aliphatic rings. The molecule has 0 aromatic heterocycles. The number of rotatable bonds is 14. The van der Waals surface area contributed by atoms with Crippen molar-refractivity contribution in [3.05, 3.63) is 25.3 Å². The van der Waals surface area contributed by atoms with Crippen molar-refractivity contribution in [1.29, 1.82) is 0 Å². The summed E-state index contributed by atoms with van der Waals surface area (Å²) in [6.45, 7) is -1.00.